The Labute approximate surface area is 75.9 Å². The van der Waals surface area contributed by atoms with Crippen molar-refractivity contribution in [2.45, 2.75) is 45.4 Å². The quantitative estimate of drug-likeness (QED) is 0.633. The Morgan fingerprint density at radius 1 is 1.17 bits per heavy atom. The molecule has 1 atom stereocenters. The van der Waals surface area contributed by atoms with Crippen molar-refractivity contribution in [3.63, 3.8) is 0 Å². The summed E-state index contributed by atoms with van der Waals surface area (Å²) in [6.07, 6.45) is 8.83. The van der Waals surface area contributed by atoms with Gasteiger partial charge >= 0.3 is 0 Å². The summed E-state index contributed by atoms with van der Waals surface area (Å²) in [6, 6.07) is 0. The van der Waals surface area contributed by atoms with Crippen LogP contribution in [0.15, 0.2) is 0 Å². The van der Waals surface area contributed by atoms with Crippen molar-refractivity contribution in [1.29, 1.82) is 0 Å². The number of hydrogen-bond donors (Lipinski definition) is 1. The molecule has 1 aliphatic carbocycles. The lowest BCUT2D eigenvalue weighted by atomic mass is 9.71. The van der Waals surface area contributed by atoms with E-state index in [4.69, 9.17) is 0 Å². The fraction of sp³-hybridized carbons (Fsp3) is 1.00. The molecule has 1 heteroatoms. The van der Waals surface area contributed by atoms with Gasteiger partial charge in [0.25, 0.3) is 0 Å². The topological polar surface area (TPSA) is 12.0 Å². The van der Waals surface area contributed by atoms with Crippen LogP contribution in [0.3, 0.4) is 0 Å². The van der Waals surface area contributed by atoms with Crippen molar-refractivity contribution in [1.82, 2.24) is 5.32 Å². The Balaban J connectivity index is 1.97. The van der Waals surface area contributed by atoms with Gasteiger partial charge in [0.1, 0.15) is 0 Å². The first-order valence-corrected chi connectivity index (χ1v) is 5.52. The van der Waals surface area contributed by atoms with Crippen molar-refractivity contribution < 1.29 is 0 Å². The SMILES string of the molecule is CC1(C2CCCC2)CCCNC1. The fourth-order valence-electron chi connectivity index (χ4n) is 3.05. The summed E-state index contributed by atoms with van der Waals surface area (Å²) in [7, 11) is 0. The Bertz CT molecular complexity index is 141. The lowest BCUT2D eigenvalue weighted by Gasteiger charge is -2.39. The van der Waals surface area contributed by atoms with E-state index in [1.807, 2.05) is 0 Å². The van der Waals surface area contributed by atoms with Gasteiger partial charge < -0.3 is 5.32 Å². The predicted octanol–water partition coefficient (Wildman–Crippen LogP) is 2.57. The van der Waals surface area contributed by atoms with Gasteiger partial charge in [0, 0.05) is 6.54 Å². The molecule has 1 saturated heterocycles. The van der Waals surface area contributed by atoms with Crippen LogP contribution in [0, 0.1) is 11.3 Å². The maximum Gasteiger partial charge on any atom is 0.000782 e. The summed E-state index contributed by atoms with van der Waals surface area (Å²) in [4.78, 5) is 0. The van der Waals surface area contributed by atoms with Gasteiger partial charge in [-0.25, -0.2) is 0 Å². The maximum atomic E-state index is 3.55. The summed E-state index contributed by atoms with van der Waals surface area (Å²) in [5, 5.41) is 3.55. The van der Waals surface area contributed by atoms with E-state index in [-0.39, 0.29) is 0 Å². The minimum atomic E-state index is 0.648. The average Bonchev–Trinajstić information content (AvgIpc) is 2.58. The second-order valence-electron chi connectivity index (χ2n) is 4.92. The zero-order chi connectivity index (χ0) is 8.44. The molecule has 0 bridgehead atoms. The summed E-state index contributed by atoms with van der Waals surface area (Å²) >= 11 is 0. The second-order valence-corrected chi connectivity index (χ2v) is 4.92. The molecule has 0 spiro atoms. The van der Waals surface area contributed by atoms with Crippen LogP contribution in [-0.4, -0.2) is 13.1 Å². The highest BCUT2D eigenvalue weighted by Crippen LogP contribution is 2.43. The van der Waals surface area contributed by atoms with Crippen LogP contribution < -0.4 is 5.32 Å². The molecular weight excluding hydrogens is 146 g/mol. The molecule has 0 radical (unpaired) electrons. The van der Waals surface area contributed by atoms with Crippen LogP contribution >= 0.6 is 0 Å². The molecule has 1 saturated carbocycles. The highest BCUT2D eigenvalue weighted by atomic mass is 14.9. The van der Waals surface area contributed by atoms with Crippen LogP contribution in [0.4, 0.5) is 0 Å². The predicted molar refractivity (Wildman–Crippen MR) is 52.2 cm³/mol. The van der Waals surface area contributed by atoms with E-state index in [1.165, 1.54) is 51.6 Å². The van der Waals surface area contributed by atoms with Crippen LogP contribution in [0.2, 0.25) is 0 Å². The first-order valence-electron chi connectivity index (χ1n) is 5.52. The van der Waals surface area contributed by atoms with Gasteiger partial charge in [0.05, 0.1) is 0 Å². The van der Waals surface area contributed by atoms with Gasteiger partial charge in [-0.2, -0.15) is 0 Å². The number of rotatable bonds is 1. The molecule has 1 unspecified atom stereocenters. The highest BCUT2D eigenvalue weighted by Gasteiger charge is 2.36. The average molecular weight is 167 g/mol. The van der Waals surface area contributed by atoms with Gasteiger partial charge in [-0.15, -0.1) is 0 Å². The van der Waals surface area contributed by atoms with E-state index in [0.29, 0.717) is 5.41 Å². The van der Waals surface area contributed by atoms with Crippen molar-refractivity contribution in [3.05, 3.63) is 0 Å². The Hall–Kier alpha value is -0.0400. The third-order valence-corrected chi connectivity index (χ3v) is 3.97. The smallest absolute Gasteiger partial charge is 0.000782 e. The molecule has 1 aliphatic heterocycles. The molecule has 1 N–H and O–H groups in total. The van der Waals surface area contributed by atoms with Crippen molar-refractivity contribution in [3.8, 4) is 0 Å². The highest BCUT2D eigenvalue weighted by molar-refractivity contribution is 4.89. The van der Waals surface area contributed by atoms with E-state index in [0.717, 1.165) is 5.92 Å². The molecule has 0 aromatic rings. The lowest BCUT2D eigenvalue weighted by molar-refractivity contribution is 0.139. The first-order chi connectivity index (χ1) is 5.81. The Morgan fingerprint density at radius 2 is 1.92 bits per heavy atom. The molecule has 2 aliphatic rings. The van der Waals surface area contributed by atoms with E-state index in [2.05, 4.69) is 12.2 Å². The minimum absolute atomic E-state index is 0.648. The van der Waals surface area contributed by atoms with Crippen molar-refractivity contribution in [2.24, 2.45) is 11.3 Å². The van der Waals surface area contributed by atoms with Crippen LogP contribution in [-0.2, 0) is 0 Å². The van der Waals surface area contributed by atoms with Crippen LogP contribution in [0.25, 0.3) is 0 Å². The Kier molecular flexibility index (Phi) is 2.40. The normalized spacial score (nSPS) is 38.8. The molecule has 2 fully saturated rings. The van der Waals surface area contributed by atoms with E-state index < -0.39 is 0 Å². The number of piperidine rings is 1. The van der Waals surface area contributed by atoms with E-state index >= 15 is 0 Å². The van der Waals surface area contributed by atoms with Crippen molar-refractivity contribution >= 4 is 0 Å². The standard InChI is InChI=1S/C11H21N/c1-11(7-4-8-12-9-11)10-5-2-3-6-10/h10,12H,2-9H2,1H3. The van der Waals surface area contributed by atoms with Gasteiger partial charge in [0.2, 0.25) is 0 Å². The summed E-state index contributed by atoms with van der Waals surface area (Å²) < 4.78 is 0. The molecule has 2 rings (SSSR count). The maximum absolute atomic E-state index is 3.55. The lowest BCUT2D eigenvalue weighted by Crippen LogP contribution is -2.42. The van der Waals surface area contributed by atoms with Gasteiger partial charge in [-0.05, 0) is 43.6 Å². The van der Waals surface area contributed by atoms with Gasteiger partial charge in [-0.3, -0.25) is 0 Å². The summed E-state index contributed by atoms with van der Waals surface area (Å²) in [6.45, 7) is 5.02. The first kappa shape index (κ1) is 8.55. The number of nitrogens with one attached hydrogen (secondary N) is 1. The summed E-state index contributed by atoms with van der Waals surface area (Å²) in [5.74, 6) is 1.03. The third kappa shape index (κ3) is 1.52. The number of hydrogen-bond acceptors (Lipinski definition) is 1. The second kappa shape index (κ2) is 3.37. The van der Waals surface area contributed by atoms with Crippen molar-refractivity contribution in [2.75, 3.05) is 13.1 Å². The monoisotopic (exact) mass is 167 g/mol. The summed E-state index contributed by atoms with van der Waals surface area (Å²) in [5.41, 5.74) is 0.648. The molecule has 0 aromatic heterocycles. The molecule has 70 valence electrons. The van der Waals surface area contributed by atoms with Crippen LogP contribution in [0.5, 0.6) is 0 Å². The Morgan fingerprint density at radius 3 is 2.50 bits per heavy atom. The van der Waals surface area contributed by atoms with Gasteiger partial charge in [0.15, 0.2) is 0 Å². The molecule has 1 nitrogen and oxygen atoms in total. The van der Waals surface area contributed by atoms with Crippen LogP contribution in [0.1, 0.15) is 45.4 Å². The van der Waals surface area contributed by atoms with E-state index in [9.17, 15) is 0 Å². The van der Waals surface area contributed by atoms with E-state index in [1.54, 1.807) is 0 Å². The third-order valence-electron chi connectivity index (χ3n) is 3.97. The minimum Gasteiger partial charge on any atom is -0.316 e. The largest absolute Gasteiger partial charge is 0.316 e. The molecule has 0 aromatic carbocycles. The zero-order valence-corrected chi connectivity index (χ0v) is 8.23. The molecule has 1 heterocycles. The fourth-order valence-corrected chi connectivity index (χ4v) is 3.05. The molecule has 0 amide bonds. The molecular formula is C11H21N. The molecule has 12 heavy (non-hydrogen) atoms. The van der Waals surface area contributed by atoms with Gasteiger partial charge in [-0.1, -0.05) is 19.8 Å². The zero-order valence-electron chi connectivity index (χ0n) is 8.23.